The van der Waals surface area contributed by atoms with Gasteiger partial charge in [-0.15, -0.1) is 0 Å². The number of nitrogens with zero attached hydrogens (tertiary/aromatic N) is 1. The third-order valence-electron chi connectivity index (χ3n) is 4.52. The number of hydrogen-bond donors (Lipinski definition) is 1. The Bertz CT molecular complexity index is 273. The molecule has 1 aliphatic heterocycles. The Morgan fingerprint density at radius 3 is 2.71 bits per heavy atom. The fraction of sp³-hybridized carbons (Fsp3) is 0.929. The van der Waals surface area contributed by atoms with Gasteiger partial charge in [0.05, 0.1) is 4.99 Å². The fourth-order valence-corrected chi connectivity index (χ4v) is 3.58. The molecule has 1 heterocycles. The van der Waals surface area contributed by atoms with Gasteiger partial charge < -0.3 is 5.73 Å². The third kappa shape index (κ3) is 3.65. The molecular weight excluding hydrogens is 228 g/mol. The van der Waals surface area contributed by atoms with Crippen LogP contribution >= 0.6 is 12.2 Å². The summed E-state index contributed by atoms with van der Waals surface area (Å²) in [5, 5.41) is 0. The number of rotatable bonds is 5. The molecule has 1 unspecified atom stereocenters. The van der Waals surface area contributed by atoms with Crippen molar-refractivity contribution in [2.24, 2.45) is 11.1 Å². The van der Waals surface area contributed by atoms with E-state index in [1.165, 1.54) is 58.0 Å². The summed E-state index contributed by atoms with van der Waals surface area (Å²) in [5.74, 6) is 0. The quantitative estimate of drug-likeness (QED) is 0.765. The first-order valence-corrected chi connectivity index (χ1v) is 7.58. The SMILES string of the molecule is CCC1CCCCCN1CC1(CC(N)=S)CC1. The molecule has 0 aromatic heterocycles. The molecular formula is C14H26N2S. The predicted molar refractivity (Wildman–Crippen MR) is 77.2 cm³/mol. The Morgan fingerprint density at radius 1 is 1.35 bits per heavy atom. The van der Waals surface area contributed by atoms with E-state index in [1.807, 2.05) is 0 Å². The molecule has 3 heteroatoms. The van der Waals surface area contributed by atoms with Gasteiger partial charge in [0.1, 0.15) is 0 Å². The summed E-state index contributed by atoms with van der Waals surface area (Å²) in [6, 6.07) is 0.807. The maximum absolute atomic E-state index is 5.73. The molecule has 2 N–H and O–H groups in total. The summed E-state index contributed by atoms with van der Waals surface area (Å²) in [5.41, 5.74) is 6.20. The first kappa shape index (κ1) is 13.3. The molecule has 0 radical (unpaired) electrons. The second kappa shape index (κ2) is 5.66. The van der Waals surface area contributed by atoms with Crippen molar-refractivity contribution < 1.29 is 0 Å². The molecule has 2 fully saturated rings. The molecule has 2 nitrogen and oxygen atoms in total. The summed E-state index contributed by atoms with van der Waals surface area (Å²) in [7, 11) is 0. The molecule has 1 saturated carbocycles. The highest BCUT2D eigenvalue weighted by Crippen LogP contribution is 2.50. The van der Waals surface area contributed by atoms with E-state index in [2.05, 4.69) is 11.8 Å². The van der Waals surface area contributed by atoms with Gasteiger partial charge in [-0.2, -0.15) is 0 Å². The van der Waals surface area contributed by atoms with Gasteiger partial charge in [0.25, 0.3) is 0 Å². The van der Waals surface area contributed by atoms with Crippen molar-refractivity contribution in [3.8, 4) is 0 Å². The van der Waals surface area contributed by atoms with Crippen LogP contribution in [0.1, 0.15) is 58.3 Å². The number of hydrogen-bond acceptors (Lipinski definition) is 2. The van der Waals surface area contributed by atoms with Crippen LogP contribution in [0.25, 0.3) is 0 Å². The van der Waals surface area contributed by atoms with Crippen molar-refractivity contribution in [3.05, 3.63) is 0 Å². The lowest BCUT2D eigenvalue weighted by atomic mass is 9.99. The van der Waals surface area contributed by atoms with Crippen LogP contribution in [0, 0.1) is 5.41 Å². The Hall–Kier alpha value is -0.150. The van der Waals surface area contributed by atoms with Gasteiger partial charge in [0.2, 0.25) is 0 Å². The Morgan fingerprint density at radius 2 is 2.12 bits per heavy atom. The van der Waals surface area contributed by atoms with Crippen molar-refractivity contribution in [1.82, 2.24) is 4.90 Å². The molecule has 0 aromatic carbocycles. The highest BCUT2D eigenvalue weighted by atomic mass is 32.1. The maximum atomic E-state index is 5.73. The van der Waals surface area contributed by atoms with E-state index >= 15 is 0 Å². The molecule has 0 spiro atoms. The average Bonchev–Trinajstić information content (AvgIpc) is 3.03. The average molecular weight is 254 g/mol. The van der Waals surface area contributed by atoms with Crippen molar-refractivity contribution in [2.75, 3.05) is 13.1 Å². The predicted octanol–water partition coefficient (Wildman–Crippen LogP) is 3.10. The van der Waals surface area contributed by atoms with Crippen LogP contribution in [-0.4, -0.2) is 29.0 Å². The van der Waals surface area contributed by atoms with Gasteiger partial charge in [-0.25, -0.2) is 0 Å². The van der Waals surface area contributed by atoms with Gasteiger partial charge in [0, 0.05) is 19.0 Å². The number of nitrogens with two attached hydrogens (primary N) is 1. The van der Waals surface area contributed by atoms with E-state index < -0.39 is 0 Å². The van der Waals surface area contributed by atoms with Crippen LogP contribution in [-0.2, 0) is 0 Å². The van der Waals surface area contributed by atoms with Crippen LogP contribution in [0.4, 0.5) is 0 Å². The van der Waals surface area contributed by atoms with Gasteiger partial charge in [-0.05, 0) is 44.1 Å². The summed E-state index contributed by atoms with van der Waals surface area (Å²) < 4.78 is 0. The van der Waals surface area contributed by atoms with Gasteiger partial charge in [-0.3, -0.25) is 4.90 Å². The molecule has 1 aliphatic carbocycles. The van der Waals surface area contributed by atoms with Crippen LogP contribution in [0.5, 0.6) is 0 Å². The smallest absolute Gasteiger partial charge is 0.0733 e. The first-order chi connectivity index (χ1) is 8.15. The maximum Gasteiger partial charge on any atom is 0.0733 e. The molecule has 17 heavy (non-hydrogen) atoms. The normalized spacial score (nSPS) is 28.6. The van der Waals surface area contributed by atoms with Crippen molar-refractivity contribution in [2.45, 2.75) is 64.3 Å². The van der Waals surface area contributed by atoms with Crippen LogP contribution < -0.4 is 5.73 Å². The molecule has 0 bridgehead atoms. The van der Waals surface area contributed by atoms with Crippen molar-refractivity contribution in [3.63, 3.8) is 0 Å². The fourth-order valence-electron chi connectivity index (χ4n) is 3.28. The van der Waals surface area contributed by atoms with Crippen LogP contribution in [0.3, 0.4) is 0 Å². The Balaban J connectivity index is 1.93. The van der Waals surface area contributed by atoms with E-state index in [1.54, 1.807) is 0 Å². The van der Waals surface area contributed by atoms with Gasteiger partial charge >= 0.3 is 0 Å². The summed E-state index contributed by atoms with van der Waals surface area (Å²) in [6.07, 6.45) is 10.5. The zero-order chi connectivity index (χ0) is 12.3. The number of thiocarbonyl (C=S) groups is 1. The molecule has 1 atom stereocenters. The van der Waals surface area contributed by atoms with E-state index in [4.69, 9.17) is 18.0 Å². The summed E-state index contributed by atoms with van der Waals surface area (Å²) in [4.78, 5) is 3.45. The Kier molecular flexibility index (Phi) is 4.42. The lowest BCUT2D eigenvalue weighted by Gasteiger charge is -2.32. The topological polar surface area (TPSA) is 29.3 Å². The highest BCUT2D eigenvalue weighted by molar-refractivity contribution is 7.80. The number of likely N-dealkylation sites (tertiary alicyclic amines) is 1. The van der Waals surface area contributed by atoms with E-state index in [0.29, 0.717) is 10.4 Å². The van der Waals surface area contributed by atoms with Crippen LogP contribution in [0.15, 0.2) is 0 Å². The zero-order valence-electron chi connectivity index (χ0n) is 11.1. The highest BCUT2D eigenvalue weighted by Gasteiger charge is 2.44. The lowest BCUT2D eigenvalue weighted by Crippen LogP contribution is -2.39. The summed E-state index contributed by atoms with van der Waals surface area (Å²) >= 11 is 5.10. The van der Waals surface area contributed by atoms with Gasteiger partial charge in [-0.1, -0.05) is 32.0 Å². The third-order valence-corrected chi connectivity index (χ3v) is 4.66. The molecule has 2 aliphatic rings. The minimum Gasteiger partial charge on any atom is -0.393 e. The van der Waals surface area contributed by atoms with Crippen molar-refractivity contribution in [1.29, 1.82) is 0 Å². The van der Waals surface area contributed by atoms with E-state index in [0.717, 1.165) is 12.5 Å². The van der Waals surface area contributed by atoms with E-state index in [-0.39, 0.29) is 0 Å². The van der Waals surface area contributed by atoms with E-state index in [9.17, 15) is 0 Å². The minimum absolute atomic E-state index is 0.462. The Labute approximate surface area is 111 Å². The van der Waals surface area contributed by atoms with Crippen LogP contribution in [0.2, 0.25) is 0 Å². The van der Waals surface area contributed by atoms with Crippen molar-refractivity contribution >= 4 is 17.2 Å². The molecule has 2 rings (SSSR count). The zero-order valence-corrected chi connectivity index (χ0v) is 11.9. The molecule has 98 valence electrons. The van der Waals surface area contributed by atoms with Gasteiger partial charge in [0.15, 0.2) is 0 Å². The molecule has 0 amide bonds. The molecule has 0 aromatic rings. The largest absolute Gasteiger partial charge is 0.393 e. The summed E-state index contributed by atoms with van der Waals surface area (Å²) in [6.45, 7) is 4.86. The molecule has 1 saturated heterocycles. The standard InChI is InChI=1S/C14H26N2S/c1-2-12-6-4-3-5-9-16(12)11-14(7-8-14)10-13(15)17/h12H,2-11H2,1H3,(H2,15,17). The minimum atomic E-state index is 0.462. The lowest BCUT2D eigenvalue weighted by molar-refractivity contribution is 0.158. The monoisotopic (exact) mass is 254 g/mol. The second-order valence-electron chi connectivity index (χ2n) is 6.02. The first-order valence-electron chi connectivity index (χ1n) is 7.17. The second-order valence-corrected chi connectivity index (χ2v) is 6.55.